The summed E-state index contributed by atoms with van der Waals surface area (Å²) in [5, 5.41) is 13.8. The van der Waals surface area contributed by atoms with E-state index in [0.717, 1.165) is 6.42 Å². The van der Waals surface area contributed by atoms with E-state index in [1.165, 1.54) is 11.0 Å². The highest BCUT2D eigenvalue weighted by Crippen LogP contribution is 2.25. The van der Waals surface area contributed by atoms with Crippen molar-refractivity contribution in [2.24, 2.45) is 0 Å². The monoisotopic (exact) mass is 261 g/mol. The Morgan fingerprint density at radius 1 is 1.47 bits per heavy atom. The van der Waals surface area contributed by atoms with Gasteiger partial charge in [-0.15, -0.1) is 5.10 Å². The van der Waals surface area contributed by atoms with Crippen molar-refractivity contribution < 1.29 is 9.53 Å². The highest BCUT2D eigenvalue weighted by Gasteiger charge is 2.09. The third-order valence-corrected chi connectivity index (χ3v) is 2.54. The third-order valence-electron chi connectivity index (χ3n) is 2.54. The first-order valence-corrected chi connectivity index (χ1v) is 5.96. The number of tetrazole rings is 1. The number of rotatable bonds is 5. The van der Waals surface area contributed by atoms with Crippen LogP contribution in [0.4, 0.5) is 5.69 Å². The fourth-order valence-corrected chi connectivity index (χ4v) is 1.67. The maximum Gasteiger partial charge on any atom is 0.224 e. The number of ether oxygens (including phenoxy) is 1. The molecule has 0 atom stereocenters. The average Bonchev–Trinajstić information content (AvgIpc) is 2.92. The van der Waals surface area contributed by atoms with Gasteiger partial charge in [-0.3, -0.25) is 4.79 Å². The summed E-state index contributed by atoms with van der Waals surface area (Å²) in [7, 11) is 1.57. The van der Waals surface area contributed by atoms with E-state index in [-0.39, 0.29) is 5.91 Å². The summed E-state index contributed by atoms with van der Waals surface area (Å²) in [6.45, 7) is 1.96. The molecule has 1 amide bonds. The van der Waals surface area contributed by atoms with Gasteiger partial charge in [0.05, 0.1) is 7.11 Å². The molecule has 19 heavy (non-hydrogen) atoms. The summed E-state index contributed by atoms with van der Waals surface area (Å²) in [6.07, 6.45) is 2.77. The van der Waals surface area contributed by atoms with Crippen molar-refractivity contribution in [1.82, 2.24) is 20.2 Å². The van der Waals surface area contributed by atoms with Gasteiger partial charge in [0.2, 0.25) is 5.91 Å². The van der Waals surface area contributed by atoms with Gasteiger partial charge in [0, 0.05) is 12.1 Å². The van der Waals surface area contributed by atoms with Gasteiger partial charge in [-0.05, 0) is 35.0 Å². The zero-order valence-corrected chi connectivity index (χ0v) is 10.8. The minimum atomic E-state index is -0.0182. The van der Waals surface area contributed by atoms with E-state index in [1.54, 1.807) is 25.3 Å². The lowest BCUT2D eigenvalue weighted by Crippen LogP contribution is -2.11. The molecule has 100 valence electrons. The van der Waals surface area contributed by atoms with Crippen LogP contribution in [0.15, 0.2) is 24.5 Å². The number of benzene rings is 1. The van der Waals surface area contributed by atoms with E-state index < -0.39 is 0 Å². The lowest BCUT2D eigenvalue weighted by molar-refractivity contribution is -0.116. The van der Waals surface area contributed by atoms with E-state index >= 15 is 0 Å². The molecule has 2 rings (SSSR count). The van der Waals surface area contributed by atoms with Crippen LogP contribution in [0.2, 0.25) is 0 Å². The Labute approximate surface area is 110 Å². The number of methoxy groups -OCH3 is 1. The van der Waals surface area contributed by atoms with Crippen molar-refractivity contribution in [3.63, 3.8) is 0 Å². The lowest BCUT2D eigenvalue weighted by atomic mass is 10.2. The molecule has 2 aromatic rings. The molecule has 1 aromatic carbocycles. The topological polar surface area (TPSA) is 81.9 Å². The normalized spacial score (nSPS) is 10.2. The molecule has 0 bridgehead atoms. The summed E-state index contributed by atoms with van der Waals surface area (Å²) in [6, 6.07) is 5.31. The summed E-state index contributed by atoms with van der Waals surface area (Å²) >= 11 is 0. The number of carbonyl (C=O) groups is 1. The highest BCUT2D eigenvalue weighted by molar-refractivity contribution is 5.91. The van der Waals surface area contributed by atoms with Crippen molar-refractivity contribution >= 4 is 11.6 Å². The van der Waals surface area contributed by atoms with E-state index in [2.05, 4.69) is 20.8 Å². The van der Waals surface area contributed by atoms with Gasteiger partial charge < -0.3 is 10.1 Å². The van der Waals surface area contributed by atoms with Crippen molar-refractivity contribution in [3.05, 3.63) is 24.5 Å². The Bertz CT molecular complexity index is 553. The van der Waals surface area contributed by atoms with E-state index in [0.29, 0.717) is 23.5 Å². The SMILES string of the molecule is CCCC(=O)Nc1ccc(OC)c(-n2cnnn2)c1. The number of anilines is 1. The summed E-state index contributed by atoms with van der Waals surface area (Å²) in [5.41, 5.74) is 1.35. The Kier molecular flexibility index (Phi) is 4.07. The zero-order chi connectivity index (χ0) is 13.7. The Morgan fingerprint density at radius 2 is 2.32 bits per heavy atom. The first-order chi connectivity index (χ1) is 9.24. The third kappa shape index (κ3) is 3.06. The minimum Gasteiger partial charge on any atom is -0.494 e. The quantitative estimate of drug-likeness (QED) is 0.880. The molecule has 0 saturated heterocycles. The summed E-state index contributed by atoms with van der Waals surface area (Å²) in [5.74, 6) is 0.608. The molecular formula is C12H15N5O2. The molecule has 0 saturated carbocycles. The highest BCUT2D eigenvalue weighted by atomic mass is 16.5. The molecule has 0 aliphatic carbocycles. The van der Waals surface area contributed by atoms with Gasteiger partial charge in [-0.1, -0.05) is 6.92 Å². The first-order valence-electron chi connectivity index (χ1n) is 5.96. The van der Waals surface area contributed by atoms with Crippen LogP contribution in [0.1, 0.15) is 19.8 Å². The molecule has 1 aromatic heterocycles. The van der Waals surface area contributed by atoms with Gasteiger partial charge in [-0.25, -0.2) is 0 Å². The Morgan fingerprint density at radius 3 is 2.95 bits per heavy atom. The molecule has 0 aliphatic heterocycles. The molecule has 0 spiro atoms. The van der Waals surface area contributed by atoms with Gasteiger partial charge in [0.1, 0.15) is 17.8 Å². The molecule has 7 nitrogen and oxygen atoms in total. The smallest absolute Gasteiger partial charge is 0.224 e. The summed E-state index contributed by atoms with van der Waals surface area (Å²) in [4.78, 5) is 11.6. The summed E-state index contributed by atoms with van der Waals surface area (Å²) < 4.78 is 6.73. The second-order valence-corrected chi connectivity index (χ2v) is 3.94. The maximum absolute atomic E-state index is 11.6. The number of hydrogen-bond acceptors (Lipinski definition) is 5. The number of carbonyl (C=O) groups excluding carboxylic acids is 1. The number of nitrogens with zero attached hydrogens (tertiary/aromatic N) is 4. The van der Waals surface area contributed by atoms with Gasteiger partial charge in [-0.2, -0.15) is 4.68 Å². The largest absolute Gasteiger partial charge is 0.494 e. The van der Waals surface area contributed by atoms with Crippen LogP contribution in [0.3, 0.4) is 0 Å². The van der Waals surface area contributed by atoms with Crippen LogP contribution >= 0.6 is 0 Å². The second-order valence-electron chi connectivity index (χ2n) is 3.94. The predicted molar refractivity (Wildman–Crippen MR) is 69.2 cm³/mol. The van der Waals surface area contributed by atoms with Crippen LogP contribution in [-0.4, -0.2) is 33.2 Å². The van der Waals surface area contributed by atoms with Gasteiger partial charge in [0.25, 0.3) is 0 Å². The second kappa shape index (κ2) is 5.94. The molecule has 0 radical (unpaired) electrons. The van der Waals surface area contributed by atoms with Crippen LogP contribution in [0.5, 0.6) is 5.75 Å². The van der Waals surface area contributed by atoms with E-state index in [9.17, 15) is 4.79 Å². The van der Waals surface area contributed by atoms with Crippen LogP contribution < -0.4 is 10.1 Å². The molecule has 1 N–H and O–H groups in total. The molecule has 7 heteroatoms. The van der Waals surface area contributed by atoms with Crippen molar-refractivity contribution in [2.75, 3.05) is 12.4 Å². The lowest BCUT2D eigenvalue weighted by Gasteiger charge is -2.10. The molecule has 0 unspecified atom stereocenters. The van der Waals surface area contributed by atoms with Crippen molar-refractivity contribution in [2.45, 2.75) is 19.8 Å². The number of amides is 1. The number of aromatic nitrogens is 4. The standard InChI is InChI=1S/C12H15N5O2/c1-3-4-12(18)14-9-5-6-11(19-2)10(7-9)17-8-13-15-16-17/h5-8H,3-4H2,1-2H3,(H,14,18). The number of hydrogen-bond donors (Lipinski definition) is 1. The van der Waals surface area contributed by atoms with Crippen LogP contribution in [0, 0.1) is 0 Å². The first kappa shape index (κ1) is 13.0. The molecule has 1 heterocycles. The molecule has 0 fully saturated rings. The van der Waals surface area contributed by atoms with Crippen LogP contribution in [-0.2, 0) is 4.79 Å². The van der Waals surface area contributed by atoms with Crippen molar-refractivity contribution in [3.8, 4) is 11.4 Å². The fourth-order valence-electron chi connectivity index (χ4n) is 1.67. The maximum atomic E-state index is 11.6. The van der Waals surface area contributed by atoms with E-state index in [4.69, 9.17) is 4.74 Å². The van der Waals surface area contributed by atoms with Gasteiger partial charge in [0.15, 0.2) is 0 Å². The molecule has 0 aliphatic rings. The fraction of sp³-hybridized carbons (Fsp3) is 0.333. The average molecular weight is 261 g/mol. The minimum absolute atomic E-state index is 0.0182. The number of nitrogens with one attached hydrogen (secondary N) is 1. The predicted octanol–water partition coefficient (Wildman–Crippen LogP) is 1.41. The Hall–Kier alpha value is -2.44. The van der Waals surface area contributed by atoms with E-state index in [1.807, 2.05) is 6.92 Å². The van der Waals surface area contributed by atoms with Gasteiger partial charge >= 0.3 is 0 Å². The van der Waals surface area contributed by atoms with Crippen LogP contribution in [0.25, 0.3) is 5.69 Å². The molecular weight excluding hydrogens is 246 g/mol. The zero-order valence-electron chi connectivity index (χ0n) is 10.8. The van der Waals surface area contributed by atoms with Crippen molar-refractivity contribution in [1.29, 1.82) is 0 Å². The Balaban J connectivity index is 2.28.